The molecule has 1 amide bonds. The van der Waals surface area contributed by atoms with Crippen LogP contribution in [0.4, 0.5) is 0 Å². The summed E-state index contributed by atoms with van der Waals surface area (Å²) in [6.45, 7) is 5.08. The van der Waals surface area contributed by atoms with Crippen LogP contribution in [0.15, 0.2) is 61.1 Å². The Morgan fingerprint density at radius 1 is 1.11 bits per heavy atom. The molecule has 2 heterocycles. The fourth-order valence-electron chi connectivity index (χ4n) is 3.09. The lowest BCUT2D eigenvalue weighted by molar-refractivity contribution is 0.0712. The highest BCUT2D eigenvalue weighted by molar-refractivity contribution is 6.14. The zero-order valence-corrected chi connectivity index (χ0v) is 16.4. The molecular weight excluding hydrogens is 352 g/mol. The lowest BCUT2D eigenvalue weighted by Gasteiger charge is -2.24. The van der Waals surface area contributed by atoms with Gasteiger partial charge in [0.2, 0.25) is 0 Å². The first-order chi connectivity index (χ1) is 13.5. The predicted octanol–water partition coefficient (Wildman–Crippen LogP) is 3.34. The molecule has 1 aromatic carbocycles. The number of hydrogen-bond donors (Lipinski definition) is 0. The molecule has 2 aromatic heterocycles. The van der Waals surface area contributed by atoms with Gasteiger partial charge in [-0.05, 0) is 18.1 Å². The molecule has 28 heavy (non-hydrogen) atoms. The van der Waals surface area contributed by atoms with Gasteiger partial charge < -0.3 is 4.90 Å². The summed E-state index contributed by atoms with van der Waals surface area (Å²) in [6.07, 6.45) is 5.18. The van der Waals surface area contributed by atoms with E-state index in [2.05, 4.69) is 23.9 Å². The second-order valence-corrected chi connectivity index (χ2v) is 7.20. The molecule has 0 saturated carbocycles. The molecule has 0 aliphatic heterocycles. The molecular formula is C22H24N4O2. The highest BCUT2D eigenvalue weighted by atomic mass is 16.2. The van der Waals surface area contributed by atoms with Crippen molar-refractivity contribution in [3.8, 4) is 0 Å². The van der Waals surface area contributed by atoms with Crippen LogP contribution in [0.5, 0.6) is 0 Å². The molecule has 0 bridgehead atoms. The van der Waals surface area contributed by atoms with Crippen molar-refractivity contribution in [2.24, 2.45) is 13.0 Å². The van der Waals surface area contributed by atoms with E-state index in [1.807, 2.05) is 19.3 Å². The van der Waals surface area contributed by atoms with Crippen molar-refractivity contribution < 1.29 is 9.59 Å². The summed E-state index contributed by atoms with van der Waals surface area (Å²) in [7, 11) is 1.84. The molecule has 3 aromatic rings. The van der Waals surface area contributed by atoms with Crippen molar-refractivity contribution in [2.75, 3.05) is 6.54 Å². The second-order valence-electron chi connectivity index (χ2n) is 7.20. The van der Waals surface area contributed by atoms with Crippen LogP contribution >= 0.6 is 0 Å². The van der Waals surface area contributed by atoms with Crippen LogP contribution < -0.4 is 0 Å². The van der Waals surface area contributed by atoms with E-state index in [1.54, 1.807) is 58.4 Å². The molecule has 0 N–H and O–H groups in total. The van der Waals surface area contributed by atoms with Gasteiger partial charge in [0.1, 0.15) is 5.69 Å². The van der Waals surface area contributed by atoms with Crippen LogP contribution in [0.25, 0.3) is 0 Å². The van der Waals surface area contributed by atoms with Crippen molar-refractivity contribution >= 4 is 11.7 Å². The number of benzene rings is 1. The van der Waals surface area contributed by atoms with Gasteiger partial charge in [-0.25, -0.2) is 0 Å². The first-order valence-electron chi connectivity index (χ1n) is 9.27. The number of ketones is 1. The molecule has 0 saturated heterocycles. The van der Waals surface area contributed by atoms with Crippen LogP contribution in [0.2, 0.25) is 0 Å². The normalized spacial score (nSPS) is 10.9. The van der Waals surface area contributed by atoms with Gasteiger partial charge in [-0.1, -0.05) is 44.2 Å². The third kappa shape index (κ3) is 4.52. The first-order valence-corrected chi connectivity index (χ1v) is 9.27. The number of rotatable bonds is 7. The summed E-state index contributed by atoms with van der Waals surface area (Å²) in [5.74, 6) is -0.182. The van der Waals surface area contributed by atoms with E-state index in [-0.39, 0.29) is 23.3 Å². The van der Waals surface area contributed by atoms with E-state index in [0.717, 1.165) is 5.56 Å². The Morgan fingerprint density at radius 2 is 1.86 bits per heavy atom. The lowest BCUT2D eigenvalue weighted by atomic mass is 10.0. The van der Waals surface area contributed by atoms with E-state index in [4.69, 9.17) is 0 Å². The molecule has 6 nitrogen and oxygen atoms in total. The molecule has 144 valence electrons. The highest BCUT2D eigenvalue weighted by Crippen LogP contribution is 2.17. The minimum atomic E-state index is -0.252. The highest BCUT2D eigenvalue weighted by Gasteiger charge is 2.25. The molecule has 0 aliphatic carbocycles. The van der Waals surface area contributed by atoms with E-state index in [9.17, 15) is 9.59 Å². The van der Waals surface area contributed by atoms with Gasteiger partial charge in [-0.3, -0.25) is 19.3 Å². The largest absolute Gasteiger partial charge is 0.333 e. The third-order valence-electron chi connectivity index (χ3n) is 4.30. The topological polar surface area (TPSA) is 68.1 Å². The Bertz CT molecular complexity index is 963. The van der Waals surface area contributed by atoms with Crippen LogP contribution in [0.3, 0.4) is 0 Å². The Kier molecular flexibility index (Phi) is 5.99. The minimum absolute atomic E-state index is 0.181. The molecule has 0 unspecified atom stereocenters. The number of aromatic nitrogens is 3. The number of amides is 1. The number of carbonyl (C=O) groups is 2. The lowest BCUT2D eigenvalue weighted by Crippen LogP contribution is -2.35. The number of hydrogen-bond acceptors (Lipinski definition) is 4. The predicted molar refractivity (Wildman–Crippen MR) is 107 cm³/mol. The van der Waals surface area contributed by atoms with Crippen LogP contribution in [0, 0.1) is 5.92 Å². The summed E-state index contributed by atoms with van der Waals surface area (Å²) >= 11 is 0. The summed E-state index contributed by atoms with van der Waals surface area (Å²) in [6, 6.07) is 12.3. The van der Waals surface area contributed by atoms with E-state index < -0.39 is 0 Å². The summed E-state index contributed by atoms with van der Waals surface area (Å²) < 4.78 is 1.71. The zero-order chi connectivity index (χ0) is 20.1. The Morgan fingerprint density at radius 3 is 2.50 bits per heavy atom. The van der Waals surface area contributed by atoms with E-state index >= 15 is 0 Å². The van der Waals surface area contributed by atoms with Crippen molar-refractivity contribution in [3.63, 3.8) is 0 Å². The third-order valence-corrected chi connectivity index (χ3v) is 4.30. The van der Waals surface area contributed by atoms with Gasteiger partial charge in [0.05, 0.1) is 11.8 Å². The molecule has 0 spiro atoms. The Balaban J connectivity index is 1.93. The standard InChI is InChI=1S/C22H24N4O2/c1-16(2)13-26(15-17-12-24-25(3)14-17)22(28)20-19(10-7-11-23-20)21(27)18-8-5-4-6-9-18/h4-12,14,16H,13,15H2,1-3H3. The van der Waals surface area contributed by atoms with E-state index in [1.165, 1.54) is 0 Å². The van der Waals surface area contributed by atoms with Gasteiger partial charge >= 0.3 is 0 Å². The average molecular weight is 376 g/mol. The van der Waals surface area contributed by atoms with Crippen molar-refractivity contribution in [2.45, 2.75) is 20.4 Å². The van der Waals surface area contributed by atoms with Crippen molar-refractivity contribution in [3.05, 3.63) is 83.4 Å². The molecule has 0 aliphatic rings. The summed E-state index contributed by atoms with van der Waals surface area (Å²) in [5.41, 5.74) is 1.97. The smallest absolute Gasteiger partial charge is 0.273 e. The van der Waals surface area contributed by atoms with Crippen LogP contribution in [-0.4, -0.2) is 37.9 Å². The fraction of sp³-hybridized carbons (Fsp3) is 0.273. The maximum atomic E-state index is 13.3. The number of nitrogens with zero attached hydrogens (tertiary/aromatic N) is 4. The molecule has 6 heteroatoms. The molecule has 0 atom stereocenters. The summed E-state index contributed by atoms with van der Waals surface area (Å²) in [5, 5.41) is 4.18. The minimum Gasteiger partial charge on any atom is -0.333 e. The van der Waals surface area contributed by atoms with Gasteiger partial charge in [-0.15, -0.1) is 0 Å². The van der Waals surface area contributed by atoms with Gasteiger partial charge in [-0.2, -0.15) is 5.10 Å². The maximum absolute atomic E-state index is 13.3. The number of carbonyl (C=O) groups excluding carboxylic acids is 2. The van der Waals surface area contributed by atoms with Gasteiger partial charge in [0.25, 0.3) is 5.91 Å². The average Bonchev–Trinajstić information content (AvgIpc) is 3.11. The van der Waals surface area contributed by atoms with Gasteiger partial charge in [0.15, 0.2) is 5.78 Å². The Labute approximate surface area is 164 Å². The van der Waals surface area contributed by atoms with Crippen molar-refractivity contribution in [1.82, 2.24) is 19.7 Å². The quantitative estimate of drug-likeness (QED) is 0.593. The van der Waals surface area contributed by atoms with Crippen LogP contribution in [-0.2, 0) is 13.6 Å². The first kappa shape index (κ1) is 19.5. The second kappa shape index (κ2) is 8.61. The monoisotopic (exact) mass is 376 g/mol. The number of pyridine rings is 1. The Hall–Kier alpha value is -3.28. The van der Waals surface area contributed by atoms with Crippen molar-refractivity contribution in [1.29, 1.82) is 0 Å². The fourth-order valence-corrected chi connectivity index (χ4v) is 3.09. The SMILES string of the molecule is CC(C)CN(Cc1cnn(C)c1)C(=O)c1ncccc1C(=O)c1ccccc1. The van der Waals surface area contributed by atoms with E-state index in [0.29, 0.717) is 24.2 Å². The van der Waals surface area contributed by atoms with Crippen LogP contribution in [0.1, 0.15) is 45.8 Å². The summed E-state index contributed by atoms with van der Waals surface area (Å²) in [4.78, 5) is 32.3. The molecule has 0 fully saturated rings. The number of aryl methyl sites for hydroxylation is 1. The zero-order valence-electron chi connectivity index (χ0n) is 16.4. The maximum Gasteiger partial charge on any atom is 0.273 e. The molecule has 3 rings (SSSR count). The molecule has 0 radical (unpaired) electrons. The van der Waals surface area contributed by atoms with Gasteiger partial charge in [0, 0.05) is 43.7 Å².